The summed E-state index contributed by atoms with van der Waals surface area (Å²) < 4.78 is 5.69. The first kappa shape index (κ1) is 14.4. The zero-order valence-corrected chi connectivity index (χ0v) is 13.1. The molecule has 0 aliphatic heterocycles. The minimum absolute atomic E-state index is 0.105. The van der Waals surface area contributed by atoms with Crippen molar-refractivity contribution in [3.8, 4) is 16.3 Å². The number of para-hydroxylation sites is 1. The molecule has 2 heterocycles. The van der Waals surface area contributed by atoms with Crippen LogP contribution in [0.4, 0.5) is 5.69 Å². The Morgan fingerprint density at radius 1 is 1.17 bits per heavy atom. The molecule has 4 aromatic rings. The summed E-state index contributed by atoms with van der Waals surface area (Å²) in [6, 6.07) is 14.1. The van der Waals surface area contributed by atoms with Crippen LogP contribution in [0.5, 0.6) is 5.75 Å². The van der Waals surface area contributed by atoms with Crippen LogP contribution in [0.2, 0.25) is 0 Å². The quantitative estimate of drug-likeness (QED) is 0.553. The summed E-state index contributed by atoms with van der Waals surface area (Å²) >= 11 is 1.48. The normalized spacial score (nSPS) is 10.8. The summed E-state index contributed by atoms with van der Waals surface area (Å²) in [4.78, 5) is 16.6. The summed E-state index contributed by atoms with van der Waals surface area (Å²) in [7, 11) is 0. The van der Waals surface area contributed by atoms with Crippen molar-refractivity contribution >= 4 is 33.1 Å². The Morgan fingerprint density at radius 3 is 2.83 bits per heavy atom. The van der Waals surface area contributed by atoms with E-state index < -0.39 is 0 Å². The molecule has 2 N–H and O–H groups in total. The number of hydrogen-bond donors (Lipinski definition) is 2. The van der Waals surface area contributed by atoms with Crippen LogP contribution in [0.3, 0.4) is 0 Å². The van der Waals surface area contributed by atoms with E-state index in [1.165, 1.54) is 29.7 Å². The zero-order valence-electron chi connectivity index (χ0n) is 12.3. The summed E-state index contributed by atoms with van der Waals surface area (Å²) in [5.74, 6) is -0.279. The van der Waals surface area contributed by atoms with Crippen molar-refractivity contribution in [2.75, 3.05) is 5.32 Å². The van der Waals surface area contributed by atoms with E-state index in [9.17, 15) is 9.90 Å². The van der Waals surface area contributed by atoms with E-state index in [4.69, 9.17) is 0 Å². The van der Waals surface area contributed by atoms with Gasteiger partial charge in [0.1, 0.15) is 17.0 Å². The smallest absolute Gasteiger partial charge is 0.277 e. The number of benzene rings is 2. The van der Waals surface area contributed by atoms with Gasteiger partial charge in [0.05, 0.1) is 15.8 Å². The van der Waals surface area contributed by atoms with Gasteiger partial charge in [-0.3, -0.25) is 4.79 Å². The van der Waals surface area contributed by atoms with Crippen LogP contribution in [0.15, 0.2) is 59.3 Å². The van der Waals surface area contributed by atoms with E-state index in [1.54, 1.807) is 12.1 Å². The fraction of sp³-hybridized carbons (Fsp3) is 0. The molecule has 2 aromatic carbocycles. The second kappa shape index (κ2) is 5.78. The van der Waals surface area contributed by atoms with Crippen molar-refractivity contribution in [1.29, 1.82) is 0 Å². The second-order valence-corrected chi connectivity index (χ2v) is 6.09. The lowest BCUT2D eigenvalue weighted by atomic mass is 10.2. The Bertz CT molecular complexity index is 992. The number of thiazole rings is 1. The standard InChI is InChI=1S/C17H11N3O3S/c21-14-6-5-10(18-16(22)13-7-8-23-20-13)9-11(14)17-19-12-3-1-2-4-15(12)24-17/h1-9,21H,(H,18,22). The summed E-state index contributed by atoms with van der Waals surface area (Å²) in [6.45, 7) is 0. The zero-order chi connectivity index (χ0) is 16.5. The molecule has 6 nitrogen and oxygen atoms in total. The molecule has 0 saturated carbocycles. The van der Waals surface area contributed by atoms with Crippen LogP contribution >= 0.6 is 11.3 Å². The van der Waals surface area contributed by atoms with Crippen molar-refractivity contribution in [3.05, 3.63) is 60.5 Å². The molecule has 0 aliphatic carbocycles. The molecular formula is C17H11N3O3S. The summed E-state index contributed by atoms with van der Waals surface area (Å²) in [5.41, 5.74) is 2.16. The number of hydrogen-bond acceptors (Lipinski definition) is 6. The average Bonchev–Trinajstić information content (AvgIpc) is 3.25. The van der Waals surface area contributed by atoms with Crippen molar-refractivity contribution in [2.24, 2.45) is 0 Å². The molecule has 0 spiro atoms. The third-order valence-corrected chi connectivity index (χ3v) is 4.52. The average molecular weight is 337 g/mol. The van der Waals surface area contributed by atoms with E-state index in [0.717, 1.165) is 10.2 Å². The molecule has 24 heavy (non-hydrogen) atoms. The monoisotopic (exact) mass is 337 g/mol. The predicted molar refractivity (Wildman–Crippen MR) is 91.2 cm³/mol. The molecule has 0 bridgehead atoms. The number of carbonyl (C=O) groups is 1. The number of phenols is 1. The largest absolute Gasteiger partial charge is 0.507 e. The number of carbonyl (C=O) groups excluding carboxylic acids is 1. The van der Waals surface area contributed by atoms with Crippen LogP contribution in [0.1, 0.15) is 10.5 Å². The molecule has 1 amide bonds. The molecular weight excluding hydrogens is 326 g/mol. The maximum Gasteiger partial charge on any atom is 0.277 e. The summed E-state index contributed by atoms with van der Waals surface area (Å²) in [6.07, 6.45) is 1.33. The Labute approximate surface area is 140 Å². The highest BCUT2D eigenvalue weighted by Crippen LogP contribution is 2.36. The molecule has 0 aliphatic rings. The van der Waals surface area contributed by atoms with Gasteiger partial charge in [-0.25, -0.2) is 4.98 Å². The van der Waals surface area contributed by atoms with Crippen LogP contribution < -0.4 is 5.32 Å². The molecule has 7 heteroatoms. The van der Waals surface area contributed by atoms with Crippen LogP contribution in [-0.4, -0.2) is 21.2 Å². The van der Waals surface area contributed by atoms with E-state index >= 15 is 0 Å². The van der Waals surface area contributed by atoms with E-state index in [0.29, 0.717) is 16.3 Å². The summed E-state index contributed by atoms with van der Waals surface area (Å²) in [5, 5.41) is 17.2. The van der Waals surface area contributed by atoms with Gasteiger partial charge >= 0.3 is 0 Å². The SMILES string of the molecule is O=C(Nc1ccc(O)c(-c2nc3ccccc3s2)c1)c1ccon1. The molecule has 0 saturated heterocycles. The lowest BCUT2D eigenvalue weighted by Gasteiger charge is -2.06. The maximum atomic E-state index is 12.0. The van der Waals surface area contributed by atoms with E-state index in [1.807, 2.05) is 24.3 Å². The molecule has 4 rings (SSSR count). The van der Waals surface area contributed by atoms with Crippen LogP contribution in [0, 0.1) is 0 Å². The highest BCUT2D eigenvalue weighted by molar-refractivity contribution is 7.21. The van der Waals surface area contributed by atoms with Crippen LogP contribution in [-0.2, 0) is 0 Å². The van der Waals surface area contributed by atoms with E-state index in [-0.39, 0.29) is 17.4 Å². The fourth-order valence-electron chi connectivity index (χ4n) is 2.30. The Morgan fingerprint density at radius 2 is 2.04 bits per heavy atom. The topological polar surface area (TPSA) is 88.2 Å². The van der Waals surface area contributed by atoms with Gasteiger partial charge in [0.2, 0.25) is 0 Å². The van der Waals surface area contributed by atoms with Gasteiger partial charge in [-0.15, -0.1) is 11.3 Å². The van der Waals surface area contributed by atoms with E-state index in [2.05, 4.69) is 20.0 Å². The first-order valence-electron chi connectivity index (χ1n) is 7.11. The Hall–Kier alpha value is -3.19. The number of nitrogens with zero attached hydrogens (tertiary/aromatic N) is 2. The minimum atomic E-state index is -0.385. The number of aromatic nitrogens is 2. The van der Waals surface area contributed by atoms with Crippen molar-refractivity contribution in [1.82, 2.24) is 10.1 Å². The number of phenolic OH excluding ortho intramolecular Hbond substituents is 1. The third kappa shape index (κ3) is 2.61. The minimum Gasteiger partial charge on any atom is -0.507 e. The maximum absolute atomic E-state index is 12.0. The van der Waals surface area contributed by atoms with Gasteiger partial charge in [0.15, 0.2) is 5.69 Å². The van der Waals surface area contributed by atoms with Gasteiger partial charge in [-0.1, -0.05) is 17.3 Å². The highest BCUT2D eigenvalue weighted by atomic mass is 32.1. The third-order valence-electron chi connectivity index (χ3n) is 3.45. The number of amides is 1. The first-order chi connectivity index (χ1) is 11.7. The Kier molecular flexibility index (Phi) is 3.47. The van der Waals surface area contributed by atoms with Crippen molar-refractivity contribution in [2.45, 2.75) is 0 Å². The van der Waals surface area contributed by atoms with Gasteiger partial charge in [-0.05, 0) is 30.3 Å². The van der Waals surface area contributed by atoms with Crippen LogP contribution in [0.25, 0.3) is 20.8 Å². The number of nitrogens with one attached hydrogen (secondary N) is 1. The number of anilines is 1. The number of aromatic hydroxyl groups is 1. The molecule has 0 unspecified atom stereocenters. The van der Waals surface area contributed by atoms with Crippen molar-refractivity contribution in [3.63, 3.8) is 0 Å². The fourth-order valence-corrected chi connectivity index (χ4v) is 3.29. The number of rotatable bonds is 3. The van der Waals surface area contributed by atoms with Gasteiger partial charge in [-0.2, -0.15) is 0 Å². The molecule has 0 fully saturated rings. The molecule has 2 aromatic heterocycles. The predicted octanol–water partition coefficient (Wildman–Crippen LogP) is 3.91. The lowest BCUT2D eigenvalue weighted by molar-refractivity contribution is 0.101. The number of fused-ring (bicyclic) bond motifs is 1. The second-order valence-electron chi connectivity index (χ2n) is 5.06. The molecule has 0 atom stereocenters. The molecule has 0 radical (unpaired) electrons. The van der Waals surface area contributed by atoms with Gasteiger partial charge < -0.3 is 14.9 Å². The van der Waals surface area contributed by atoms with Gasteiger partial charge in [0, 0.05) is 11.8 Å². The molecule has 118 valence electrons. The first-order valence-corrected chi connectivity index (χ1v) is 7.93. The highest BCUT2D eigenvalue weighted by Gasteiger charge is 2.14. The Balaban J connectivity index is 1.69. The van der Waals surface area contributed by atoms with Crippen molar-refractivity contribution < 1.29 is 14.4 Å². The van der Waals surface area contributed by atoms with Gasteiger partial charge in [0.25, 0.3) is 5.91 Å². The lowest BCUT2D eigenvalue weighted by Crippen LogP contribution is -2.12.